The lowest BCUT2D eigenvalue weighted by molar-refractivity contribution is 0.807. The van der Waals surface area contributed by atoms with Crippen LogP contribution in [0.4, 0.5) is 0 Å². The molecule has 0 aliphatic carbocycles. The van der Waals surface area contributed by atoms with Crippen LogP contribution in [0, 0.1) is 0 Å². The first-order valence-corrected chi connectivity index (χ1v) is 6.64. The van der Waals surface area contributed by atoms with Crippen molar-refractivity contribution in [3.8, 4) is 0 Å². The van der Waals surface area contributed by atoms with E-state index in [-0.39, 0.29) is 0 Å². The zero-order valence-electron chi connectivity index (χ0n) is 10.1. The van der Waals surface area contributed by atoms with E-state index in [9.17, 15) is 0 Å². The van der Waals surface area contributed by atoms with Crippen molar-refractivity contribution in [3.63, 3.8) is 0 Å². The molecule has 0 amide bonds. The molecule has 0 bridgehead atoms. The molecular formula is C12H22S2. The number of rotatable bonds is 3. The first-order chi connectivity index (χ1) is 6.21. The maximum absolute atomic E-state index is 2.22. The quantitative estimate of drug-likeness (QED) is 0.620. The first-order valence-electron chi connectivity index (χ1n) is 4.88. The van der Waals surface area contributed by atoms with Crippen LogP contribution in [0.3, 0.4) is 0 Å². The predicted molar refractivity (Wildman–Crippen MR) is 73.0 cm³/mol. The molecule has 0 heterocycles. The van der Waals surface area contributed by atoms with Gasteiger partial charge in [-0.05, 0) is 10.8 Å². The molecule has 0 fully saturated rings. The van der Waals surface area contributed by atoms with Crippen molar-refractivity contribution >= 4 is 23.5 Å². The summed E-state index contributed by atoms with van der Waals surface area (Å²) in [5.41, 5.74) is 0. The molecule has 0 saturated heterocycles. The summed E-state index contributed by atoms with van der Waals surface area (Å²) < 4.78 is 0.642. The van der Waals surface area contributed by atoms with E-state index in [1.165, 1.54) is 0 Å². The zero-order valence-corrected chi connectivity index (χ0v) is 11.8. The minimum Gasteiger partial charge on any atom is -0.128 e. The summed E-state index contributed by atoms with van der Waals surface area (Å²) in [4.78, 5) is 0. The lowest BCUT2D eigenvalue weighted by Crippen LogP contribution is -2.04. The van der Waals surface area contributed by atoms with Crippen LogP contribution in [0.25, 0.3) is 0 Å². The highest BCUT2D eigenvalue weighted by Crippen LogP contribution is 2.25. The van der Waals surface area contributed by atoms with Crippen LogP contribution in [0.15, 0.2) is 23.0 Å². The monoisotopic (exact) mass is 230 g/mol. The molecule has 0 spiro atoms. The maximum atomic E-state index is 2.22. The fourth-order valence-corrected chi connectivity index (χ4v) is 1.73. The molecule has 0 aromatic carbocycles. The molecule has 0 aliphatic rings. The van der Waals surface area contributed by atoms with Gasteiger partial charge in [0.1, 0.15) is 0 Å². The molecule has 0 unspecified atom stereocenters. The van der Waals surface area contributed by atoms with Crippen molar-refractivity contribution in [2.45, 2.75) is 51.0 Å². The van der Waals surface area contributed by atoms with Gasteiger partial charge in [-0.3, -0.25) is 0 Å². The van der Waals surface area contributed by atoms with Gasteiger partial charge in [-0.2, -0.15) is 0 Å². The van der Waals surface area contributed by atoms with E-state index in [1.54, 1.807) is 0 Å². The molecule has 0 saturated carbocycles. The lowest BCUT2D eigenvalue weighted by Gasteiger charge is -2.14. The Morgan fingerprint density at radius 3 is 1.14 bits per heavy atom. The molecule has 0 radical (unpaired) electrons. The van der Waals surface area contributed by atoms with Gasteiger partial charge in [0, 0.05) is 9.49 Å². The third-order valence-electron chi connectivity index (χ3n) is 1.11. The number of thioether (sulfide) groups is 2. The van der Waals surface area contributed by atoms with Crippen molar-refractivity contribution in [2.75, 3.05) is 0 Å². The van der Waals surface area contributed by atoms with Gasteiger partial charge < -0.3 is 0 Å². The van der Waals surface area contributed by atoms with Crippen molar-refractivity contribution in [3.05, 3.63) is 23.0 Å². The Morgan fingerprint density at radius 1 is 0.643 bits per heavy atom. The van der Waals surface area contributed by atoms with Crippen molar-refractivity contribution < 1.29 is 0 Å². The summed E-state index contributed by atoms with van der Waals surface area (Å²) in [6, 6.07) is 0. The van der Waals surface area contributed by atoms with Crippen molar-refractivity contribution in [1.82, 2.24) is 0 Å². The van der Waals surface area contributed by atoms with Gasteiger partial charge in [0.15, 0.2) is 0 Å². The molecule has 2 heteroatoms. The molecule has 0 N–H and O–H groups in total. The largest absolute Gasteiger partial charge is 0.128 e. The average Bonchev–Trinajstić information content (AvgIpc) is 1.92. The average molecular weight is 230 g/mol. The summed E-state index contributed by atoms with van der Waals surface area (Å²) in [6.07, 6.45) is 4.21. The predicted octanol–water partition coefficient (Wildman–Crippen LogP) is 5.08. The highest BCUT2D eigenvalue weighted by atomic mass is 32.2. The van der Waals surface area contributed by atoms with Gasteiger partial charge >= 0.3 is 0 Å². The Bertz CT molecular complexity index is 177. The molecule has 14 heavy (non-hydrogen) atoms. The van der Waals surface area contributed by atoms with Gasteiger partial charge in [-0.15, -0.1) is 23.5 Å². The van der Waals surface area contributed by atoms with Crippen molar-refractivity contribution in [2.24, 2.45) is 0 Å². The van der Waals surface area contributed by atoms with Gasteiger partial charge in [-0.25, -0.2) is 0 Å². The summed E-state index contributed by atoms with van der Waals surface area (Å²) >= 11 is 3.70. The summed E-state index contributed by atoms with van der Waals surface area (Å²) in [7, 11) is 0. The number of hydrogen-bond acceptors (Lipinski definition) is 2. The van der Waals surface area contributed by atoms with Crippen LogP contribution in [-0.4, -0.2) is 9.49 Å². The van der Waals surface area contributed by atoms with Crippen LogP contribution in [0.2, 0.25) is 0 Å². The topological polar surface area (TPSA) is 0 Å². The highest BCUT2D eigenvalue weighted by Gasteiger charge is 2.07. The van der Waals surface area contributed by atoms with E-state index in [2.05, 4.69) is 64.5 Å². The van der Waals surface area contributed by atoms with Gasteiger partial charge in [0.25, 0.3) is 0 Å². The lowest BCUT2D eigenvalue weighted by atomic mass is 10.3. The maximum Gasteiger partial charge on any atom is 0.0116 e. The molecule has 82 valence electrons. The van der Waals surface area contributed by atoms with E-state index in [4.69, 9.17) is 0 Å². The van der Waals surface area contributed by atoms with Crippen molar-refractivity contribution in [1.29, 1.82) is 0 Å². The Morgan fingerprint density at radius 2 is 0.929 bits per heavy atom. The summed E-state index contributed by atoms with van der Waals surface area (Å²) in [6.45, 7) is 13.3. The second-order valence-corrected chi connectivity index (χ2v) is 8.58. The Hall–Kier alpha value is 0.180. The van der Waals surface area contributed by atoms with Crippen LogP contribution >= 0.6 is 23.5 Å². The molecule has 0 atom stereocenters. The van der Waals surface area contributed by atoms with Crippen LogP contribution in [-0.2, 0) is 0 Å². The third-order valence-corrected chi connectivity index (χ3v) is 3.11. The highest BCUT2D eigenvalue weighted by molar-refractivity contribution is 8.03. The molecular weight excluding hydrogens is 208 g/mol. The summed E-state index contributed by atoms with van der Waals surface area (Å²) in [5, 5.41) is 4.30. The molecule has 0 nitrogen and oxygen atoms in total. The first kappa shape index (κ1) is 14.2. The van der Waals surface area contributed by atoms with Gasteiger partial charge in [-0.1, -0.05) is 53.7 Å². The normalized spacial score (nSPS) is 14.4. The second kappa shape index (κ2) is 5.92. The van der Waals surface area contributed by atoms with E-state index in [0.717, 1.165) is 0 Å². The molecule has 0 rings (SSSR count). The minimum absolute atomic E-state index is 0.321. The Labute approximate surface area is 97.6 Å². The van der Waals surface area contributed by atoms with Gasteiger partial charge in [0.2, 0.25) is 0 Å². The molecule has 0 aliphatic heterocycles. The van der Waals surface area contributed by atoms with E-state index < -0.39 is 0 Å². The zero-order chi connectivity index (χ0) is 11.2. The van der Waals surface area contributed by atoms with Gasteiger partial charge in [0.05, 0.1) is 0 Å². The van der Waals surface area contributed by atoms with E-state index >= 15 is 0 Å². The van der Waals surface area contributed by atoms with E-state index in [1.807, 2.05) is 23.5 Å². The molecule has 0 aromatic heterocycles. The van der Waals surface area contributed by atoms with E-state index in [0.29, 0.717) is 9.49 Å². The van der Waals surface area contributed by atoms with Crippen LogP contribution in [0.5, 0.6) is 0 Å². The summed E-state index contributed by atoms with van der Waals surface area (Å²) in [5.74, 6) is 0. The Kier molecular flexibility index (Phi) is 5.99. The fraction of sp³-hybridized carbons (Fsp3) is 0.667. The van der Waals surface area contributed by atoms with Crippen LogP contribution < -0.4 is 0 Å². The number of allylic oxidation sites excluding steroid dienone is 2. The standard InChI is InChI=1S/C12H22S2/c1-11(2,3)13-9-7-8-10-14-12(4,5)6/h7-10H,1-6H3. The smallest absolute Gasteiger partial charge is 0.0116 e. The molecule has 0 aromatic rings. The van der Waals surface area contributed by atoms with Crippen LogP contribution in [0.1, 0.15) is 41.5 Å². The fourth-order valence-electron chi connectivity index (χ4n) is 0.578. The Balaban J connectivity index is 3.73. The minimum atomic E-state index is 0.321. The SMILES string of the molecule is CC(C)(C)SC=CC=CSC(C)(C)C. The second-order valence-electron chi connectivity index (χ2n) is 5.12. The number of hydrogen-bond donors (Lipinski definition) is 0. The third kappa shape index (κ3) is 12.2.